The predicted molar refractivity (Wildman–Crippen MR) is 63.9 cm³/mol. The summed E-state index contributed by atoms with van der Waals surface area (Å²) in [7, 11) is 0. The lowest BCUT2D eigenvalue weighted by Gasteiger charge is -1.97. The number of phenols is 1. The van der Waals surface area contributed by atoms with Crippen LogP contribution >= 0.6 is 11.3 Å². The van der Waals surface area contributed by atoms with Crippen molar-refractivity contribution in [3.63, 3.8) is 0 Å². The van der Waals surface area contributed by atoms with Crippen LogP contribution in [0.3, 0.4) is 0 Å². The first kappa shape index (κ1) is 9.93. The van der Waals surface area contributed by atoms with Gasteiger partial charge in [-0.25, -0.2) is 4.98 Å². The van der Waals surface area contributed by atoms with Crippen LogP contribution in [-0.4, -0.2) is 10.1 Å². The van der Waals surface area contributed by atoms with Crippen LogP contribution in [-0.2, 0) is 0 Å². The monoisotopic (exact) mass is 217 g/mol. The third-order valence-electron chi connectivity index (χ3n) is 2.01. The van der Waals surface area contributed by atoms with Gasteiger partial charge in [-0.05, 0) is 24.6 Å². The van der Waals surface area contributed by atoms with E-state index in [1.165, 1.54) is 0 Å². The highest BCUT2D eigenvalue weighted by Crippen LogP contribution is 2.26. The molecule has 0 saturated heterocycles. The molecule has 2 rings (SSSR count). The molecule has 0 amide bonds. The highest BCUT2D eigenvalue weighted by Gasteiger charge is 2.05. The Morgan fingerprint density at radius 3 is 2.87 bits per heavy atom. The third-order valence-corrected chi connectivity index (χ3v) is 3.02. The van der Waals surface area contributed by atoms with Gasteiger partial charge in [0.2, 0.25) is 0 Å². The molecular formula is C12H11NOS. The average Bonchev–Trinajstić information content (AvgIpc) is 2.66. The molecule has 1 aromatic carbocycles. The van der Waals surface area contributed by atoms with E-state index in [-0.39, 0.29) is 5.75 Å². The predicted octanol–water partition coefficient (Wildman–Crippen LogP) is 3.55. The van der Waals surface area contributed by atoms with Crippen LogP contribution in [0.25, 0.3) is 16.8 Å². The van der Waals surface area contributed by atoms with Crippen molar-refractivity contribution in [3.8, 4) is 17.0 Å². The smallest absolute Gasteiger partial charge is 0.119 e. The van der Waals surface area contributed by atoms with Crippen LogP contribution in [0.5, 0.6) is 5.75 Å². The molecule has 1 N–H and O–H groups in total. The van der Waals surface area contributed by atoms with Crippen LogP contribution in [0.4, 0.5) is 0 Å². The normalized spacial score (nSPS) is 10.2. The van der Waals surface area contributed by atoms with Crippen LogP contribution in [0.15, 0.2) is 36.2 Å². The molecular weight excluding hydrogens is 206 g/mol. The van der Waals surface area contributed by atoms with Gasteiger partial charge in [-0.2, -0.15) is 0 Å². The van der Waals surface area contributed by atoms with Crippen molar-refractivity contribution in [1.29, 1.82) is 0 Å². The molecule has 3 heteroatoms. The number of hydrogen-bond donors (Lipinski definition) is 1. The SMILES string of the molecule is C=C(C)c1nc(-c2cccc(O)c2)cs1. The van der Waals surface area contributed by atoms with Crippen molar-refractivity contribution in [3.05, 3.63) is 41.2 Å². The molecule has 1 aromatic heterocycles. The first-order valence-corrected chi connectivity index (χ1v) is 5.45. The van der Waals surface area contributed by atoms with E-state index in [4.69, 9.17) is 0 Å². The van der Waals surface area contributed by atoms with Gasteiger partial charge in [0.1, 0.15) is 10.8 Å². The summed E-state index contributed by atoms with van der Waals surface area (Å²) in [5.41, 5.74) is 2.78. The molecule has 0 radical (unpaired) electrons. The maximum absolute atomic E-state index is 9.35. The van der Waals surface area contributed by atoms with E-state index in [1.54, 1.807) is 23.5 Å². The molecule has 0 aliphatic heterocycles. The van der Waals surface area contributed by atoms with Gasteiger partial charge in [0.05, 0.1) is 5.69 Å². The number of thiazole rings is 1. The second-order valence-corrected chi connectivity index (χ2v) is 4.23. The maximum atomic E-state index is 9.35. The zero-order valence-electron chi connectivity index (χ0n) is 8.40. The van der Waals surface area contributed by atoms with Gasteiger partial charge < -0.3 is 5.11 Å². The molecule has 0 spiro atoms. The maximum Gasteiger partial charge on any atom is 0.119 e. The number of nitrogens with zero attached hydrogens (tertiary/aromatic N) is 1. The van der Waals surface area contributed by atoms with Crippen molar-refractivity contribution in [2.45, 2.75) is 6.92 Å². The fourth-order valence-electron chi connectivity index (χ4n) is 1.27. The summed E-state index contributed by atoms with van der Waals surface area (Å²) in [4.78, 5) is 4.43. The van der Waals surface area contributed by atoms with Gasteiger partial charge in [-0.1, -0.05) is 18.7 Å². The molecule has 0 aliphatic carbocycles. The fraction of sp³-hybridized carbons (Fsp3) is 0.0833. The van der Waals surface area contributed by atoms with Gasteiger partial charge >= 0.3 is 0 Å². The van der Waals surface area contributed by atoms with E-state index in [9.17, 15) is 5.11 Å². The number of hydrogen-bond acceptors (Lipinski definition) is 3. The fourth-order valence-corrected chi connectivity index (χ4v) is 2.03. The second-order valence-electron chi connectivity index (χ2n) is 3.37. The molecule has 0 bridgehead atoms. The molecule has 0 aliphatic rings. The Labute approximate surface area is 92.5 Å². The molecule has 0 unspecified atom stereocenters. The van der Waals surface area contributed by atoms with Crippen molar-refractivity contribution in [1.82, 2.24) is 4.98 Å². The third kappa shape index (κ3) is 2.07. The van der Waals surface area contributed by atoms with E-state index in [1.807, 2.05) is 24.4 Å². The summed E-state index contributed by atoms with van der Waals surface area (Å²) in [6, 6.07) is 7.09. The first-order chi connectivity index (χ1) is 7.16. The van der Waals surface area contributed by atoms with Crippen LogP contribution in [0.2, 0.25) is 0 Å². The lowest BCUT2D eigenvalue weighted by Crippen LogP contribution is -1.79. The Morgan fingerprint density at radius 1 is 1.47 bits per heavy atom. The highest BCUT2D eigenvalue weighted by atomic mass is 32.1. The molecule has 2 aromatic rings. The standard InChI is InChI=1S/C12H11NOS/c1-8(2)12-13-11(7-15-12)9-4-3-5-10(14)6-9/h3-7,14H,1H2,2H3. The van der Waals surface area contributed by atoms with Gasteiger partial charge in [0.25, 0.3) is 0 Å². The molecule has 1 heterocycles. The van der Waals surface area contributed by atoms with Crippen LogP contribution in [0, 0.1) is 0 Å². The summed E-state index contributed by atoms with van der Waals surface area (Å²) in [5, 5.41) is 12.3. The van der Waals surface area contributed by atoms with Gasteiger partial charge in [-0.3, -0.25) is 0 Å². The van der Waals surface area contributed by atoms with E-state index >= 15 is 0 Å². The lowest BCUT2D eigenvalue weighted by atomic mass is 10.2. The van der Waals surface area contributed by atoms with Crippen LogP contribution < -0.4 is 0 Å². The number of allylic oxidation sites excluding steroid dienone is 1. The van der Waals surface area contributed by atoms with Crippen LogP contribution in [0.1, 0.15) is 11.9 Å². The Morgan fingerprint density at radius 2 is 2.27 bits per heavy atom. The minimum Gasteiger partial charge on any atom is -0.508 e. The summed E-state index contributed by atoms with van der Waals surface area (Å²) in [5.74, 6) is 0.261. The van der Waals surface area contributed by atoms with Crippen molar-refractivity contribution < 1.29 is 5.11 Å². The number of rotatable bonds is 2. The van der Waals surface area contributed by atoms with E-state index in [0.29, 0.717) is 0 Å². The molecule has 15 heavy (non-hydrogen) atoms. The summed E-state index contributed by atoms with van der Waals surface area (Å²) in [6.07, 6.45) is 0. The lowest BCUT2D eigenvalue weighted by molar-refractivity contribution is 0.475. The summed E-state index contributed by atoms with van der Waals surface area (Å²) in [6.45, 7) is 5.78. The quantitative estimate of drug-likeness (QED) is 0.834. The Kier molecular flexibility index (Phi) is 2.56. The minimum atomic E-state index is 0.261. The Bertz CT molecular complexity index is 502. The number of benzene rings is 1. The van der Waals surface area contributed by atoms with E-state index in [0.717, 1.165) is 21.8 Å². The number of aromatic hydroxyl groups is 1. The minimum absolute atomic E-state index is 0.261. The summed E-state index contributed by atoms with van der Waals surface area (Å²) < 4.78 is 0. The van der Waals surface area contributed by atoms with Crippen molar-refractivity contribution in [2.75, 3.05) is 0 Å². The first-order valence-electron chi connectivity index (χ1n) is 4.57. The average molecular weight is 217 g/mol. The number of phenolic OH excluding ortho intramolecular Hbond substituents is 1. The van der Waals surface area contributed by atoms with Crippen molar-refractivity contribution in [2.24, 2.45) is 0 Å². The second kappa shape index (κ2) is 3.87. The Balaban J connectivity index is 2.41. The molecule has 0 atom stereocenters. The highest BCUT2D eigenvalue weighted by molar-refractivity contribution is 7.11. The van der Waals surface area contributed by atoms with Gasteiger partial charge in [0.15, 0.2) is 0 Å². The Hall–Kier alpha value is -1.61. The number of aromatic nitrogens is 1. The van der Waals surface area contributed by atoms with E-state index in [2.05, 4.69) is 11.6 Å². The summed E-state index contributed by atoms with van der Waals surface area (Å²) >= 11 is 1.57. The zero-order chi connectivity index (χ0) is 10.8. The molecule has 76 valence electrons. The largest absolute Gasteiger partial charge is 0.508 e. The van der Waals surface area contributed by atoms with Gasteiger partial charge in [-0.15, -0.1) is 11.3 Å². The molecule has 0 saturated carbocycles. The molecule has 2 nitrogen and oxygen atoms in total. The molecule has 0 fully saturated rings. The zero-order valence-corrected chi connectivity index (χ0v) is 9.21. The van der Waals surface area contributed by atoms with Gasteiger partial charge in [0, 0.05) is 10.9 Å². The topological polar surface area (TPSA) is 33.1 Å². The van der Waals surface area contributed by atoms with Crippen molar-refractivity contribution >= 4 is 16.9 Å². The van der Waals surface area contributed by atoms with E-state index < -0.39 is 0 Å².